The van der Waals surface area contributed by atoms with Crippen LogP contribution in [0.1, 0.15) is 25.0 Å². The van der Waals surface area contributed by atoms with E-state index in [1.54, 1.807) is 30.0 Å². The SMILES string of the molecule is CSc1ccc(NC(=O)O[C@@H](c2cc(I)ccc2O)[C@H](C)CCO)cc1. The van der Waals surface area contributed by atoms with Gasteiger partial charge in [-0.15, -0.1) is 11.8 Å². The summed E-state index contributed by atoms with van der Waals surface area (Å²) in [5.41, 5.74) is 1.17. The van der Waals surface area contributed by atoms with E-state index in [9.17, 15) is 15.0 Å². The molecule has 0 bridgehead atoms. The summed E-state index contributed by atoms with van der Waals surface area (Å²) in [5.74, 6) is -0.0916. The standard InChI is InChI=1S/C19H22INO4S/c1-12(9-10-22)18(16-11-13(20)3-8-17(16)23)25-19(24)21-14-4-6-15(26-2)7-5-14/h3-8,11-12,18,22-23H,9-10H2,1-2H3,(H,21,24)/t12-,18-/m1/s1. The van der Waals surface area contributed by atoms with E-state index >= 15 is 0 Å². The highest BCUT2D eigenvalue weighted by molar-refractivity contribution is 14.1. The van der Waals surface area contributed by atoms with E-state index in [0.29, 0.717) is 17.7 Å². The fourth-order valence-corrected chi connectivity index (χ4v) is 3.45. The smallest absolute Gasteiger partial charge is 0.412 e. The maximum Gasteiger partial charge on any atom is 0.412 e. The molecule has 7 heteroatoms. The number of aliphatic hydroxyl groups excluding tert-OH is 1. The molecule has 0 unspecified atom stereocenters. The molecule has 2 rings (SSSR count). The second-order valence-corrected chi connectivity index (χ2v) is 8.00. The first-order chi connectivity index (χ1) is 12.4. The number of anilines is 1. The lowest BCUT2D eigenvalue weighted by molar-refractivity contribution is 0.0652. The Morgan fingerprint density at radius 1 is 1.27 bits per heavy atom. The number of hydrogen-bond acceptors (Lipinski definition) is 5. The van der Waals surface area contributed by atoms with Gasteiger partial charge in [-0.2, -0.15) is 0 Å². The fraction of sp³-hybridized carbons (Fsp3) is 0.316. The number of aromatic hydroxyl groups is 1. The number of hydrogen-bond donors (Lipinski definition) is 3. The number of thioether (sulfide) groups is 1. The van der Waals surface area contributed by atoms with Crippen LogP contribution in [0.15, 0.2) is 47.4 Å². The lowest BCUT2D eigenvalue weighted by Crippen LogP contribution is -2.22. The van der Waals surface area contributed by atoms with Crippen molar-refractivity contribution in [2.24, 2.45) is 5.92 Å². The van der Waals surface area contributed by atoms with Crippen molar-refractivity contribution in [2.75, 3.05) is 18.2 Å². The van der Waals surface area contributed by atoms with Crippen molar-refractivity contribution in [3.8, 4) is 5.75 Å². The maximum absolute atomic E-state index is 12.4. The molecule has 0 aliphatic carbocycles. The van der Waals surface area contributed by atoms with E-state index in [-0.39, 0.29) is 18.3 Å². The van der Waals surface area contributed by atoms with Crippen molar-refractivity contribution in [1.29, 1.82) is 0 Å². The Bertz CT molecular complexity index is 739. The number of rotatable bonds is 7. The molecular formula is C19H22INO4S. The summed E-state index contributed by atoms with van der Waals surface area (Å²) in [6.45, 7) is 1.85. The normalized spacial score (nSPS) is 13.1. The third kappa shape index (κ3) is 5.78. The van der Waals surface area contributed by atoms with Gasteiger partial charge in [-0.25, -0.2) is 4.79 Å². The minimum absolute atomic E-state index is 0.0243. The van der Waals surface area contributed by atoms with Crippen LogP contribution in [-0.4, -0.2) is 29.2 Å². The molecule has 0 saturated carbocycles. The zero-order valence-electron chi connectivity index (χ0n) is 14.6. The highest BCUT2D eigenvalue weighted by Gasteiger charge is 2.26. The van der Waals surface area contributed by atoms with E-state index in [0.717, 1.165) is 8.47 Å². The molecule has 0 heterocycles. The number of phenolic OH excluding ortho intramolecular Hbond substituents is 1. The second kappa shape index (κ2) is 10.0. The topological polar surface area (TPSA) is 78.8 Å². The molecule has 140 valence electrons. The third-order valence-corrected chi connectivity index (χ3v) is 5.38. The van der Waals surface area contributed by atoms with E-state index in [1.165, 1.54) is 0 Å². The predicted molar refractivity (Wildman–Crippen MR) is 113 cm³/mol. The molecule has 2 aromatic carbocycles. The third-order valence-electron chi connectivity index (χ3n) is 3.97. The van der Waals surface area contributed by atoms with Crippen molar-refractivity contribution in [3.05, 3.63) is 51.6 Å². The molecular weight excluding hydrogens is 465 g/mol. The number of halogens is 1. The summed E-state index contributed by atoms with van der Waals surface area (Å²) in [7, 11) is 0. The number of ether oxygens (including phenoxy) is 1. The first-order valence-corrected chi connectivity index (χ1v) is 10.5. The maximum atomic E-state index is 12.4. The Kier molecular flexibility index (Phi) is 8.05. The minimum Gasteiger partial charge on any atom is -0.508 e. The van der Waals surface area contributed by atoms with Crippen LogP contribution in [0.2, 0.25) is 0 Å². The molecule has 0 radical (unpaired) electrons. The van der Waals surface area contributed by atoms with Crippen molar-refractivity contribution in [2.45, 2.75) is 24.3 Å². The quantitative estimate of drug-likeness (QED) is 0.378. The molecule has 2 atom stereocenters. The summed E-state index contributed by atoms with van der Waals surface area (Å²) in [6.07, 6.45) is 1.17. The summed E-state index contributed by atoms with van der Waals surface area (Å²) >= 11 is 3.76. The van der Waals surface area contributed by atoms with Gasteiger partial charge in [0.25, 0.3) is 0 Å². The summed E-state index contributed by atoms with van der Waals surface area (Å²) in [5, 5.41) is 22.2. The van der Waals surface area contributed by atoms with Crippen LogP contribution in [0.25, 0.3) is 0 Å². The summed E-state index contributed by atoms with van der Waals surface area (Å²) in [4.78, 5) is 13.5. The highest BCUT2D eigenvalue weighted by Crippen LogP contribution is 2.35. The molecule has 0 aliphatic rings. The molecule has 0 spiro atoms. The van der Waals surface area contributed by atoms with Gasteiger partial charge in [-0.1, -0.05) is 6.92 Å². The summed E-state index contributed by atoms with van der Waals surface area (Å²) < 4.78 is 6.54. The Morgan fingerprint density at radius 2 is 1.96 bits per heavy atom. The van der Waals surface area contributed by atoms with Gasteiger partial charge < -0.3 is 14.9 Å². The number of benzene rings is 2. The number of aliphatic hydroxyl groups is 1. The molecule has 5 nitrogen and oxygen atoms in total. The Morgan fingerprint density at radius 3 is 2.58 bits per heavy atom. The van der Waals surface area contributed by atoms with Crippen LogP contribution < -0.4 is 5.32 Å². The van der Waals surface area contributed by atoms with Crippen molar-refractivity contribution in [1.82, 2.24) is 0 Å². The zero-order valence-corrected chi connectivity index (χ0v) is 17.6. The Labute approximate surface area is 171 Å². The summed E-state index contributed by atoms with van der Waals surface area (Å²) in [6, 6.07) is 12.6. The van der Waals surface area contributed by atoms with Gasteiger partial charge in [-0.05, 0) is 83.6 Å². The van der Waals surface area contributed by atoms with Crippen LogP contribution in [-0.2, 0) is 4.74 Å². The second-order valence-electron chi connectivity index (χ2n) is 5.87. The van der Waals surface area contributed by atoms with Gasteiger partial charge in [-0.3, -0.25) is 5.32 Å². The van der Waals surface area contributed by atoms with E-state index < -0.39 is 12.2 Å². The lowest BCUT2D eigenvalue weighted by atomic mass is 9.94. The predicted octanol–water partition coefficient (Wildman–Crippen LogP) is 5.03. The monoisotopic (exact) mass is 487 g/mol. The van der Waals surface area contributed by atoms with Gasteiger partial charge in [0.05, 0.1) is 0 Å². The van der Waals surface area contributed by atoms with E-state index in [2.05, 4.69) is 27.9 Å². The van der Waals surface area contributed by atoms with Gasteiger partial charge in [0.2, 0.25) is 0 Å². The Balaban J connectivity index is 2.17. The molecule has 2 aromatic rings. The number of carbonyl (C=O) groups is 1. The van der Waals surface area contributed by atoms with Gasteiger partial charge >= 0.3 is 6.09 Å². The van der Waals surface area contributed by atoms with Gasteiger partial charge in [0.1, 0.15) is 11.9 Å². The molecule has 3 N–H and O–H groups in total. The van der Waals surface area contributed by atoms with Crippen molar-refractivity contribution < 1.29 is 19.7 Å². The Hall–Kier alpha value is -1.45. The number of carbonyl (C=O) groups excluding carboxylic acids is 1. The highest BCUT2D eigenvalue weighted by atomic mass is 127. The molecule has 1 amide bonds. The number of nitrogens with one attached hydrogen (secondary N) is 1. The molecule has 0 aliphatic heterocycles. The van der Waals surface area contributed by atoms with Crippen LogP contribution in [0, 0.1) is 9.49 Å². The molecule has 26 heavy (non-hydrogen) atoms. The van der Waals surface area contributed by atoms with Crippen LogP contribution in [0.4, 0.5) is 10.5 Å². The average molecular weight is 487 g/mol. The number of phenols is 1. The minimum atomic E-state index is -0.665. The fourth-order valence-electron chi connectivity index (χ4n) is 2.53. The zero-order chi connectivity index (χ0) is 19.1. The molecule has 0 aromatic heterocycles. The lowest BCUT2D eigenvalue weighted by Gasteiger charge is -2.25. The first-order valence-electron chi connectivity index (χ1n) is 8.15. The first kappa shape index (κ1) is 20.9. The largest absolute Gasteiger partial charge is 0.508 e. The molecule has 0 fully saturated rings. The van der Waals surface area contributed by atoms with E-state index in [1.807, 2.05) is 37.4 Å². The van der Waals surface area contributed by atoms with Crippen LogP contribution in [0.3, 0.4) is 0 Å². The van der Waals surface area contributed by atoms with Gasteiger partial charge in [0, 0.05) is 26.3 Å². The molecule has 0 saturated heterocycles. The van der Waals surface area contributed by atoms with Crippen molar-refractivity contribution in [3.63, 3.8) is 0 Å². The van der Waals surface area contributed by atoms with E-state index in [4.69, 9.17) is 4.74 Å². The van der Waals surface area contributed by atoms with Crippen LogP contribution in [0.5, 0.6) is 5.75 Å². The van der Waals surface area contributed by atoms with Crippen LogP contribution >= 0.6 is 34.4 Å². The number of amides is 1. The van der Waals surface area contributed by atoms with Gasteiger partial charge in [0.15, 0.2) is 0 Å². The average Bonchev–Trinajstić information content (AvgIpc) is 2.62. The van der Waals surface area contributed by atoms with Crippen molar-refractivity contribution >= 4 is 46.1 Å².